The molecule has 0 spiro atoms. The van der Waals surface area contributed by atoms with Crippen LogP contribution in [-0.4, -0.2) is 20.7 Å². The molecule has 0 unspecified atom stereocenters. The van der Waals surface area contributed by atoms with Crippen molar-refractivity contribution >= 4 is 44.6 Å². The van der Waals surface area contributed by atoms with E-state index in [1.807, 2.05) is 0 Å². The molecule has 3 aromatic carbocycles. The summed E-state index contributed by atoms with van der Waals surface area (Å²) in [5.74, 6) is -0.428. The fourth-order valence-corrected chi connectivity index (χ4v) is 3.03. The molecule has 12 nitrogen and oxygen atoms in total. The summed E-state index contributed by atoms with van der Waals surface area (Å²) in [5, 5.41) is 35.3. The van der Waals surface area contributed by atoms with Crippen molar-refractivity contribution in [2.24, 2.45) is 0 Å². The van der Waals surface area contributed by atoms with Crippen molar-refractivity contribution < 1.29 is 24.3 Å². The van der Waals surface area contributed by atoms with Gasteiger partial charge >= 0.3 is 0 Å². The lowest BCUT2D eigenvalue weighted by molar-refractivity contribution is -0.394. The second-order valence-corrected chi connectivity index (χ2v) is 7.06. The molecule has 0 radical (unpaired) electrons. The number of nitrogens with one attached hydrogen (secondary N) is 1. The van der Waals surface area contributed by atoms with Gasteiger partial charge in [-0.1, -0.05) is 0 Å². The normalized spacial score (nSPS) is 10.3. The number of hydrogen-bond acceptors (Lipinski definition) is 8. The molecule has 0 saturated carbocycles. The Bertz CT molecular complexity index is 1210. The van der Waals surface area contributed by atoms with Crippen LogP contribution in [0.1, 0.15) is 10.4 Å². The van der Waals surface area contributed by atoms with Crippen molar-refractivity contribution in [2.45, 2.75) is 0 Å². The molecule has 0 saturated heterocycles. The van der Waals surface area contributed by atoms with E-state index < -0.39 is 32.1 Å². The first kappa shape index (κ1) is 22.3. The fourth-order valence-electron chi connectivity index (χ4n) is 2.56. The molecule has 0 aliphatic rings. The summed E-state index contributed by atoms with van der Waals surface area (Å²) in [7, 11) is 0. The molecule has 0 heterocycles. The molecule has 1 amide bonds. The number of carbonyl (C=O) groups excluding carboxylic acids is 1. The van der Waals surface area contributed by atoms with Gasteiger partial charge in [-0.25, -0.2) is 0 Å². The largest absolute Gasteiger partial charge is 0.457 e. The average Bonchev–Trinajstić information content (AvgIpc) is 2.75. The number of hydrogen-bond donors (Lipinski definition) is 1. The van der Waals surface area contributed by atoms with Crippen LogP contribution in [0.2, 0.25) is 0 Å². The van der Waals surface area contributed by atoms with Gasteiger partial charge in [0.2, 0.25) is 0 Å². The molecule has 3 rings (SSSR count). The Morgan fingerprint density at radius 1 is 0.750 bits per heavy atom. The van der Waals surface area contributed by atoms with Gasteiger partial charge in [0.25, 0.3) is 23.0 Å². The van der Waals surface area contributed by atoms with Gasteiger partial charge in [-0.2, -0.15) is 0 Å². The monoisotopic (exact) mass is 502 g/mol. The topological polar surface area (TPSA) is 168 Å². The summed E-state index contributed by atoms with van der Waals surface area (Å²) in [6.07, 6.45) is 0. The van der Waals surface area contributed by atoms with Gasteiger partial charge in [0, 0.05) is 22.2 Å². The van der Waals surface area contributed by atoms with Crippen LogP contribution in [0.15, 0.2) is 65.1 Å². The predicted molar refractivity (Wildman–Crippen MR) is 115 cm³/mol. The Morgan fingerprint density at radius 2 is 1.31 bits per heavy atom. The number of rotatable bonds is 7. The SMILES string of the molecule is O=C(Nc1ccc([N+](=O)[O-])cc1Br)c1ccc(Oc2cc([N+](=O)[O-])cc([N+](=O)[O-])c2)cc1. The molecule has 0 fully saturated rings. The van der Waals surface area contributed by atoms with Gasteiger partial charge in [0.1, 0.15) is 11.5 Å². The third-order valence-electron chi connectivity index (χ3n) is 4.06. The highest BCUT2D eigenvalue weighted by Crippen LogP contribution is 2.31. The minimum Gasteiger partial charge on any atom is -0.457 e. The summed E-state index contributed by atoms with van der Waals surface area (Å²) in [6, 6.07) is 12.4. The number of anilines is 1. The Labute approximate surface area is 187 Å². The first-order chi connectivity index (χ1) is 15.1. The average molecular weight is 503 g/mol. The van der Waals surface area contributed by atoms with Gasteiger partial charge in [0.05, 0.1) is 38.7 Å². The number of non-ortho nitro benzene ring substituents is 3. The van der Waals surface area contributed by atoms with Crippen molar-refractivity contribution in [3.05, 3.63) is 101 Å². The second-order valence-electron chi connectivity index (χ2n) is 6.20. The van der Waals surface area contributed by atoms with Crippen LogP contribution in [0.5, 0.6) is 11.5 Å². The molecule has 0 atom stereocenters. The van der Waals surface area contributed by atoms with E-state index in [0.29, 0.717) is 10.2 Å². The zero-order valence-electron chi connectivity index (χ0n) is 15.8. The summed E-state index contributed by atoms with van der Waals surface area (Å²) >= 11 is 3.16. The summed E-state index contributed by atoms with van der Waals surface area (Å²) < 4.78 is 5.78. The van der Waals surface area contributed by atoms with E-state index in [-0.39, 0.29) is 22.7 Å². The van der Waals surface area contributed by atoms with Crippen LogP contribution in [-0.2, 0) is 0 Å². The number of nitrogens with zero attached hydrogens (tertiary/aromatic N) is 3. The molecule has 0 aromatic heterocycles. The van der Waals surface area contributed by atoms with Crippen LogP contribution in [0.3, 0.4) is 0 Å². The molecule has 0 aliphatic carbocycles. The lowest BCUT2D eigenvalue weighted by atomic mass is 10.2. The number of ether oxygens (including phenoxy) is 1. The predicted octanol–water partition coefficient (Wildman–Crippen LogP) is 5.22. The Kier molecular flexibility index (Phi) is 6.39. The number of amides is 1. The minimum absolute atomic E-state index is 0.113. The molecule has 0 bridgehead atoms. The number of carbonyl (C=O) groups is 1. The number of nitro groups is 3. The van der Waals surface area contributed by atoms with E-state index in [4.69, 9.17) is 4.74 Å². The van der Waals surface area contributed by atoms with Crippen LogP contribution in [0.4, 0.5) is 22.7 Å². The minimum atomic E-state index is -0.774. The lowest BCUT2D eigenvalue weighted by Gasteiger charge is -2.09. The van der Waals surface area contributed by atoms with Crippen LogP contribution >= 0.6 is 15.9 Å². The van der Waals surface area contributed by atoms with E-state index in [1.54, 1.807) is 0 Å². The lowest BCUT2D eigenvalue weighted by Crippen LogP contribution is -2.12. The van der Waals surface area contributed by atoms with Gasteiger partial charge in [-0.05, 0) is 46.3 Å². The Balaban J connectivity index is 1.75. The summed E-state index contributed by atoms with van der Waals surface area (Å²) in [6.45, 7) is 0. The highest BCUT2D eigenvalue weighted by atomic mass is 79.9. The van der Waals surface area contributed by atoms with Crippen molar-refractivity contribution in [3.63, 3.8) is 0 Å². The van der Waals surface area contributed by atoms with Crippen LogP contribution < -0.4 is 10.1 Å². The van der Waals surface area contributed by atoms with Gasteiger partial charge in [-0.15, -0.1) is 0 Å². The van der Waals surface area contributed by atoms with E-state index in [1.165, 1.54) is 42.5 Å². The van der Waals surface area contributed by atoms with E-state index in [2.05, 4.69) is 21.2 Å². The molecular formula is C19H11BrN4O8. The smallest absolute Gasteiger partial charge is 0.280 e. The quantitative estimate of drug-likeness (QED) is 0.338. The highest BCUT2D eigenvalue weighted by molar-refractivity contribution is 9.10. The second kappa shape index (κ2) is 9.18. The van der Waals surface area contributed by atoms with Gasteiger partial charge in [-0.3, -0.25) is 35.1 Å². The van der Waals surface area contributed by atoms with Crippen LogP contribution in [0.25, 0.3) is 0 Å². The summed E-state index contributed by atoms with van der Waals surface area (Å²) in [4.78, 5) is 43.1. The summed E-state index contributed by atoms with van der Waals surface area (Å²) in [5.41, 5.74) is -0.590. The van der Waals surface area contributed by atoms with Crippen molar-refractivity contribution in [1.82, 2.24) is 0 Å². The maximum absolute atomic E-state index is 12.4. The molecule has 13 heteroatoms. The number of benzene rings is 3. The van der Waals surface area contributed by atoms with E-state index >= 15 is 0 Å². The molecule has 1 N–H and O–H groups in total. The van der Waals surface area contributed by atoms with E-state index in [0.717, 1.165) is 18.2 Å². The maximum Gasteiger partial charge on any atom is 0.280 e. The molecule has 3 aromatic rings. The van der Waals surface area contributed by atoms with Crippen LogP contribution in [0, 0.1) is 30.3 Å². The first-order valence-electron chi connectivity index (χ1n) is 8.61. The van der Waals surface area contributed by atoms with E-state index in [9.17, 15) is 35.1 Å². The molecule has 0 aliphatic heterocycles. The number of halogens is 1. The van der Waals surface area contributed by atoms with Crippen molar-refractivity contribution in [3.8, 4) is 11.5 Å². The third kappa shape index (κ3) is 5.20. The maximum atomic E-state index is 12.4. The highest BCUT2D eigenvalue weighted by Gasteiger charge is 2.18. The zero-order valence-corrected chi connectivity index (χ0v) is 17.3. The first-order valence-corrected chi connectivity index (χ1v) is 9.40. The van der Waals surface area contributed by atoms with Gasteiger partial charge < -0.3 is 10.1 Å². The van der Waals surface area contributed by atoms with Crippen molar-refractivity contribution in [1.29, 1.82) is 0 Å². The third-order valence-corrected chi connectivity index (χ3v) is 4.72. The van der Waals surface area contributed by atoms with Crippen molar-refractivity contribution in [2.75, 3.05) is 5.32 Å². The van der Waals surface area contributed by atoms with Gasteiger partial charge in [0.15, 0.2) is 0 Å². The zero-order chi connectivity index (χ0) is 23.4. The number of nitro benzene ring substituents is 3. The Morgan fingerprint density at radius 3 is 1.81 bits per heavy atom. The molecule has 162 valence electrons. The standard InChI is InChI=1S/C19H11BrN4O8/c20-17-10-12(22(26)27)3-6-18(17)21-19(25)11-1-4-15(5-2-11)32-16-8-13(23(28)29)7-14(9-16)24(30)31/h1-10H,(H,21,25). The Hall–Kier alpha value is -4.39. The molecular weight excluding hydrogens is 492 g/mol. The molecule has 32 heavy (non-hydrogen) atoms. The fraction of sp³-hybridized carbons (Fsp3) is 0.